The molecule has 0 radical (unpaired) electrons. The van der Waals surface area contributed by atoms with Crippen molar-refractivity contribution in [1.82, 2.24) is 9.88 Å². The average molecular weight is 442 g/mol. The van der Waals surface area contributed by atoms with Gasteiger partial charge in [-0.15, -0.1) is 0 Å². The van der Waals surface area contributed by atoms with Crippen LogP contribution < -0.4 is 14.8 Å². The van der Waals surface area contributed by atoms with Crippen LogP contribution >= 0.6 is 11.3 Å². The minimum absolute atomic E-state index is 0.151. The molecule has 2 N–H and O–H groups in total. The zero-order valence-electron chi connectivity index (χ0n) is 17.7. The number of hydrogen-bond donors (Lipinski definition) is 2. The molecule has 4 rings (SSSR count). The Balaban J connectivity index is 1.33. The number of thiazole rings is 1. The number of carbonyl (C=O) groups excluding carboxylic acids is 1. The summed E-state index contributed by atoms with van der Waals surface area (Å²) in [7, 11) is 0. The van der Waals surface area contributed by atoms with Crippen molar-refractivity contribution in [2.75, 3.05) is 31.6 Å². The van der Waals surface area contributed by atoms with Crippen LogP contribution in [0.3, 0.4) is 0 Å². The Morgan fingerprint density at radius 2 is 2.10 bits per heavy atom. The minimum Gasteiger partial charge on any atom is -0.494 e. The largest absolute Gasteiger partial charge is 0.494 e. The monoisotopic (exact) mass is 441 g/mol. The van der Waals surface area contributed by atoms with Crippen molar-refractivity contribution in [3.63, 3.8) is 0 Å². The molecule has 0 spiro atoms. The summed E-state index contributed by atoms with van der Waals surface area (Å²) in [6.07, 6.45) is 0.314. The topological polar surface area (TPSA) is 83.9 Å². The van der Waals surface area contributed by atoms with Crippen molar-refractivity contribution in [2.45, 2.75) is 32.0 Å². The third kappa shape index (κ3) is 5.33. The van der Waals surface area contributed by atoms with Crippen molar-refractivity contribution in [3.8, 4) is 11.5 Å². The van der Waals surface area contributed by atoms with Crippen LogP contribution in [-0.2, 0) is 4.79 Å². The number of benzene rings is 2. The average Bonchev–Trinajstić information content (AvgIpc) is 3.12. The van der Waals surface area contributed by atoms with Gasteiger partial charge in [-0.25, -0.2) is 4.98 Å². The van der Waals surface area contributed by atoms with E-state index >= 15 is 0 Å². The van der Waals surface area contributed by atoms with Gasteiger partial charge in [0.15, 0.2) is 5.13 Å². The van der Waals surface area contributed by atoms with E-state index in [-0.39, 0.29) is 18.6 Å². The maximum Gasteiger partial charge on any atom is 0.240 e. The molecule has 31 heavy (non-hydrogen) atoms. The number of carbonyl (C=O) groups is 1. The number of aliphatic hydroxyl groups is 1. The lowest BCUT2D eigenvalue weighted by Crippen LogP contribution is -2.58. The van der Waals surface area contributed by atoms with E-state index in [9.17, 15) is 9.90 Å². The molecule has 1 aromatic heterocycles. The van der Waals surface area contributed by atoms with Crippen LogP contribution in [0.15, 0.2) is 48.5 Å². The molecule has 0 saturated carbocycles. The Labute approximate surface area is 185 Å². The first kappa shape index (κ1) is 21.5. The number of anilines is 1. The number of likely N-dealkylation sites (tertiary alicyclic amines) is 1. The van der Waals surface area contributed by atoms with Gasteiger partial charge in [-0.05, 0) is 50.6 Å². The van der Waals surface area contributed by atoms with Crippen LogP contribution in [0.5, 0.6) is 11.5 Å². The van der Waals surface area contributed by atoms with Crippen molar-refractivity contribution in [3.05, 3.63) is 48.5 Å². The van der Waals surface area contributed by atoms with Crippen molar-refractivity contribution in [2.24, 2.45) is 0 Å². The highest BCUT2D eigenvalue weighted by atomic mass is 32.1. The highest BCUT2D eigenvalue weighted by Gasteiger charge is 2.40. The number of ether oxygens (including phenoxy) is 2. The second-order valence-corrected chi connectivity index (χ2v) is 8.94. The number of rotatable bonds is 7. The van der Waals surface area contributed by atoms with E-state index in [1.165, 1.54) is 11.3 Å². The Bertz CT molecular complexity index is 1040. The van der Waals surface area contributed by atoms with Crippen molar-refractivity contribution in [1.29, 1.82) is 0 Å². The SMILES string of the molecule is CCOc1ccc2nc(NC(=O)CN3CC[C@H](Oc4ccccc4)[C@@](C)(O)C3)sc2c1. The Kier molecular flexibility index (Phi) is 6.41. The van der Waals surface area contributed by atoms with Crippen LogP contribution in [0.1, 0.15) is 20.3 Å². The van der Waals surface area contributed by atoms with Gasteiger partial charge in [0, 0.05) is 13.1 Å². The number of fused-ring (bicyclic) bond motifs is 1. The summed E-state index contributed by atoms with van der Waals surface area (Å²) in [6.45, 7) is 5.51. The summed E-state index contributed by atoms with van der Waals surface area (Å²) in [5.74, 6) is 1.38. The molecule has 2 atom stereocenters. The Hall–Kier alpha value is -2.68. The lowest BCUT2D eigenvalue weighted by atomic mass is 9.91. The highest BCUT2D eigenvalue weighted by Crippen LogP contribution is 2.30. The van der Waals surface area contributed by atoms with Crippen LogP contribution in [-0.4, -0.2) is 58.8 Å². The van der Waals surface area contributed by atoms with Gasteiger partial charge < -0.3 is 19.9 Å². The van der Waals surface area contributed by atoms with Crippen LogP contribution in [0.4, 0.5) is 5.13 Å². The van der Waals surface area contributed by atoms with Gasteiger partial charge in [0.05, 0.1) is 23.4 Å². The van der Waals surface area contributed by atoms with E-state index < -0.39 is 5.60 Å². The third-order valence-corrected chi connectivity index (χ3v) is 6.18. The summed E-state index contributed by atoms with van der Waals surface area (Å²) >= 11 is 1.42. The normalized spacial score (nSPS) is 21.7. The number of nitrogens with one attached hydrogen (secondary N) is 1. The first-order valence-electron chi connectivity index (χ1n) is 10.4. The number of para-hydroxylation sites is 1. The van der Waals surface area contributed by atoms with Gasteiger partial charge in [0.25, 0.3) is 0 Å². The minimum atomic E-state index is -1.06. The molecule has 2 aromatic carbocycles. The predicted molar refractivity (Wildman–Crippen MR) is 122 cm³/mol. The number of hydrogen-bond acceptors (Lipinski definition) is 7. The van der Waals surface area contributed by atoms with Crippen molar-refractivity contribution < 1.29 is 19.4 Å². The molecule has 0 aliphatic carbocycles. The first-order valence-corrected chi connectivity index (χ1v) is 11.2. The first-order chi connectivity index (χ1) is 14.9. The van der Waals surface area contributed by atoms with Gasteiger partial charge >= 0.3 is 0 Å². The van der Waals surface area contributed by atoms with E-state index in [0.717, 1.165) is 21.7 Å². The van der Waals surface area contributed by atoms with Gasteiger partial charge in [-0.2, -0.15) is 0 Å². The Morgan fingerprint density at radius 1 is 1.29 bits per heavy atom. The fourth-order valence-corrected chi connectivity index (χ4v) is 4.72. The number of piperidine rings is 1. The van der Waals surface area contributed by atoms with Gasteiger partial charge in [0.2, 0.25) is 5.91 Å². The lowest BCUT2D eigenvalue weighted by molar-refractivity contribution is -0.123. The number of aromatic nitrogens is 1. The molecule has 2 heterocycles. The molecular formula is C23H27N3O4S. The van der Waals surface area contributed by atoms with E-state index in [1.807, 2.05) is 60.4 Å². The molecule has 3 aromatic rings. The standard InChI is InChI=1S/C23H27N3O4S/c1-3-29-17-9-10-18-19(13-17)31-22(24-18)25-21(27)14-26-12-11-20(23(2,28)15-26)30-16-7-5-4-6-8-16/h4-10,13,20,28H,3,11-12,14-15H2,1-2H3,(H,24,25,27)/t20-,23-/m0/s1. The van der Waals surface area contributed by atoms with Gasteiger partial charge in [-0.3, -0.25) is 9.69 Å². The third-order valence-electron chi connectivity index (χ3n) is 5.25. The molecule has 7 nitrogen and oxygen atoms in total. The molecule has 8 heteroatoms. The summed E-state index contributed by atoms with van der Waals surface area (Å²) in [5, 5.41) is 14.4. The number of nitrogens with zero attached hydrogens (tertiary/aromatic N) is 2. The second kappa shape index (κ2) is 9.21. The summed E-state index contributed by atoms with van der Waals surface area (Å²) in [4.78, 5) is 19.0. The van der Waals surface area contributed by atoms with Crippen LogP contribution in [0.25, 0.3) is 10.2 Å². The molecular weight excluding hydrogens is 414 g/mol. The smallest absolute Gasteiger partial charge is 0.240 e. The van der Waals surface area contributed by atoms with E-state index in [2.05, 4.69) is 10.3 Å². The molecule has 164 valence electrons. The molecule has 1 amide bonds. The molecule has 1 aliphatic rings. The maximum absolute atomic E-state index is 12.6. The Morgan fingerprint density at radius 3 is 2.84 bits per heavy atom. The fraction of sp³-hybridized carbons (Fsp3) is 0.391. The number of amides is 1. The van der Waals surface area contributed by atoms with Crippen LogP contribution in [0, 0.1) is 0 Å². The zero-order valence-corrected chi connectivity index (χ0v) is 18.5. The van der Waals surface area contributed by atoms with Crippen LogP contribution in [0.2, 0.25) is 0 Å². The summed E-state index contributed by atoms with van der Waals surface area (Å²) < 4.78 is 12.5. The van der Waals surface area contributed by atoms with Gasteiger partial charge in [-0.1, -0.05) is 29.5 Å². The zero-order chi connectivity index (χ0) is 21.8. The molecule has 1 saturated heterocycles. The molecule has 0 unspecified atom stereocenters. The molecule has 0 bridgehead atoms. The maximum atomic E-state index is 12.6. The summed E-state index contributed by atoms with van der Waals surface area (Å²) in [5.41, 5.74) is -0.231. The molecule has 1 aliphatic heterocycles. The van der Waals surface area contributed by atoms with E-state index in [4.69, 9.17) is 9.47 Å². The van der Waals surface area contributed by atoms with E-state index in [0.29, 0.717) is 31.2 Å². The van der Waals surface area contributed by atoms with E-state index in [1.54, 1.807) is 6.92 Å². The predicted octanol–water partition coefficient (Wildman–Crippen LogP) is 3.54. The summed E-state index contributed by atoms with van der Waals surface area (Å²) in [6, 6.07) is 15.2. The molecule has 1 fully saturated rings. The quantitative estimate of drug-likeness (QED) is 0.584. The lowest BCUT2D eigenvalue weighted by Gasteiger charge is -2.42. The van der Waals surface area contributed by atoms with Crippen molar-refractivity contribution >= 4 is 32.6 Å². The fourth-order valence-electron chi connectivity index (χ4n) is 3.81. The highest BCUT2D eigenvalue weighted by molar-refractivity contribution is 7.22. The van der Waals surface area contributed by atoms with Gasteiger partial charge in [0.1, 0.15) is 23.2 Å². The second-order valence-electron chi connectivity index (χ2n) is 7.91. The number of β-amino-alcohol motifs (C(OH)–C–C–N with tert-alkyl or cyclic N) is 1.